The van der Waals surface area contributed by atoms with Crippen LogP contribution < -0.4 is 5.32 Å². The highest BCUT2D eigenvalue weighted by Gasteiger charge is 2.50. The number of aryl methyl sites for hydroxylation is 1. The molecule has 2 atom stereocenters. The predicted molar refractivity (Wildman–Crippen MR) is 127 cm³/mol. The third kappa shape index (κ3) is 6.20. The van der Waals surface area contributed by atoms with Crippen molar-refractivity contribution < 1.29 is 27.1 Å². The fourth-order valence-corrected chi connectivity index (χ4v) is 6.72. The fraction of sp³-hybridized carbons (Fsp3) is 0.391. The van der Waals surface area contributed by atoms with Crippen LogP contribution in [-0.2, 0) is 28.9 Å². The molecule has 0 aliphatic carbocycles. The van der Waals surface area contributed by atoms with Crippen LogP contribution in [0.2, 0.25) is 5.54 Å². The summed E-state index contributed by atoms with van der Waals surface area (Å²) >= 11 is 0. The highest BCUT2D eigenvalue weighted by Crippen LogP contribution is 2.29. The Hall–Kier alpha value is -2.17. The van der Waals surface area contributed by atoms with Crippen LogP contribution in [0.25, 0.3) is 0 Å². The summed E-state index contributed by atoms with van der Waals surface area (Å²) < 4.78 is 30.3. The lowest BCUT2D eigenvalue weighted by atomic mass is 10.2. The highest BCUT2D eigenvalue weighted by molar-refractivity contribution is 8.01. The molecule has 0 aromatic heterocycles. The second-order valence-electron chi connectivity index (χ2n) is 7.03. The molecule has 2 aromatic rings. The maximum absolute atomic E-state index is 13.1. The third-order valence-electron chi connectivity index (χ3n) is 4.77. The molecule has 0 aliphatic rings. The summed E-state index contributed by atoms with van der Waals surface area (Å²) in [6.45, 7) is 10.1. The van der Waals surface area contributed by atoms with Crippen molar-refractivity contribution in [1.29, 1.82) is 0 Å². The predicted octanol–water partition coefficient (Wildman–Crippen LogP) is 4.32. The molecule has 2 unspecified atom stereocenters. The lowest BCUT2D eigenvalue weighted by molar-refractivity contribution is -0.117. The molecule has 0 radical (unpaired) electrons. The number of nitrogens with one attached hydrogen (secondary N) is 1. The van der Waals surface area contributed by atoms with Gasteiger partial charge in [-0.25, -0.2) is 4.21 Å². The summed E-state index contributed by atoms with van der Waals surface area (Å²) in [5.41, 5.74) is 0.740. The summed E-state index contributed by atoms with van der Waals surface area (Å²) in [6, 6.07) is 13.5. The van der Waals surface area contributed by atoms with Crippen LogP contribution >= 0.6 is 0 Å². The first-order chi connectivity index (χ1) is 15.3. The summed E-state index contributed by atoms with van der Waals surface area (Å²) in [7, 11) is -5.20. The molecule has 0 saturated heterocycles. The van der Waals surface area contributed by atoms with E-state index in [1.165, 1.54) is 0 Å². The number of rotatable bonds is 11. The quantitative estimate of drug-likeness (QED) is 0.485. The first-order valence-corrected chi connectivity index (χ1v) is 13.6. The van der Waals surface area contributed by atoms with Gasteiger partial charge in [-0.15, -0.1) is 0 Å². The van der Waals surface area contributed by atoms with Gasteiger partial charge in [-0.2, -0.15) is 0 Å². The van der Waals surface area contributed by atoms with Gasteiger partial charge in [-0.1, -0.05) is 29.8 Å². The molecule has 2 rings (SSSR count). The van der Waals surface area contributed by atoms with E-state index < -0.39 is 36.2 Å². The number of hydrogen-bond donors (Lipinski definition) is 1. The van der Waals surface area contributed by atoms with Crippen molar-refractivity contribution in [3.63, 3.8) is 0 Å². The molecule has 174 valence electrons. The molecule has 9 heteroatoms. The molecule has 7 nitrogen and oxygen atoms in total. The molecule has 0 aliphatic heterocycles. The minimum Gasteiger partial charge on any atom is -0.373 e. The Morgan fingerprint density at radius 1 is 0.938 bits per heavy atom. The van der Waals surface area contributed by atoms with Gasteiger partial charge in [-0.05, 0) is 58.9 Å². The zero-order valence-electron chi connectivity index (χ0n) is 19.2. The fourth-order valence-electron chi connectivity index (χ4n) is 3.14. The van der Waals surface area contributed by atoms with Gasteiger partial charge in [0.25, 0.3) is 5.12 Å². The van der Waals surface area contributed by atoms with Gasteiger partial charge in [-0.3, -0.25) is 9.59 Å². The molecule has 1 N–H and O–H groups in total. The lowest BCUT2D eigenvalue weighted by Crippen LogP contribution is -2.53. The van der Waals surface area contributed by atoms with Crippen molar-refractivity contribution in [2.24, 2.45) is 0 Å². The second kappa shape index (κ2) is 12.2. The molecular formula is C23H31NO6SSi. The molecule has 0 fully saturated rings. The van der Waals surface area contributed by atoms with Crippen molar-refractivity contribution in [2.45, 2.75) is 45.1 Å². The Labute approximate surface area is 193 Å². The molecule has 0 saturated carbocycles. The standard InChI is InChI=1S/C23H31NO6SSi/c1-6-28-32(29-7-2,30-8-3)18(5)22(25)24-21-12-10-9-11-20(21)23(26)31(27)19-15-13-17(4)14-16-19/h9-16,18H,6-8H2,1-5H3,(H,24,25). The third-order valence-corrected chi connectivity index (χ3v) is 9.42. The average molecular weight is 478 g/mol. The van der Waals surface area contributed by atoms with Crippen molar-refractivity contribution in [3.05, 3.63) is 59.7 Å². The average Bonchev–Trinajstić information content (AvgIpc) is 2.79. The molecule has 0 heterocycles. The van der Waals surface area contributed by atoms with Gasteiger partial charge in [0.05, 0.1) is 11.3 Å². The van der Waals surface area contributed by atoms with E-state index in [9.17, 15) is 13.8 Å². The van der Waals surface area contributed by atoms with Gasteiger partial charge in [0.2, 0.25) is 5.91 Å². The maximum atomic E-state index is 13.1. The number of carbonyl (C=O) groups excluding carboxylic acids is 2. The molecular weight excluding hydrogens is 446 g/mol. The van der Waals surface area contributed by atoms with Crippen LogP contribution in [0, 0.1) is 6.92 Å². The van der Waals surface area contributed by atoms with Crippen molar-refractivity contribution in [2.75, 3.05) is 25.1 Å². The molecule has 0 bridgehead atoms. The number of para-hydroxylation sites is 1. The van der Waals surface area contributed by atoms with E-state index in [-0.39, 0.29) is 11.3 Å². The molecule has 0 spiro atoms. The zero-order valence-corrected chi connectivity index (χ0v) is 21.0. The topological polar surface area (TPSA) is 90.9 Å². The van der Waals surface area contributed by atoms with Gasteiger partial charge in [0.1, 0.15) is 16.3 Å². The Kier molecular flexibility index (Phi) is 9.92. The second-order valence-corrected chi connectivity index (χ2v) is 11.3. The first-order valence-electron chi connectivity index (χ1n) is 10.6. The van der Waals surface area contributed by atoms with E-state index in [1.807, 2.05) is 27.7 Å². The van der Waals surface area contributed by atoms with Crippen LogP contribution in [0.1, 0.15) is 43.6 Å². The van der Waals surface area contributed by atoms with Gasteiger partial charge < -0.3 is 18.6 Å². The summed E-state index contributed by atoms with van der Waals surface area (Å²) in [4.78, 5) is 26.5. The zero-order chi connectivity index (χ0) is 23.7. The Morgan fingerprint density at radius 2 is 1.47 bits per heavy atom. The molecule has 32 heavy (non-hydrogen) atoms. The minimum absolute atomic E-state index is 0.170. The molecule has 1 amide bonds. The largest absolute Gasteiger partial charge is 0.513 e. The van der Waals surface area contributed by atoms with E-state index in [2.05, 4.69) is 5.32 Å². The summed E-state index contributed by atoms with van der Waals surface area (Å²) in [5, 5.41) is 2.20. The Bertz CT molecular complexity index is 933. The Morgan fingerprint density at radius 3 is 2.00 bits per heavy atom. The van der Waals surface area contributed by atoms with E-state index in [0.717, 1.165) is 5.56 Å². The van der Waals surface area contributed by atoms with E-state index >= 15 is 0 Å². The smallest absolute Gasteiger partial charge is 0.373 e. The minimum atomic E-state index is -3.30. The van der Waals surface area contributed by atoms with Crippen LogP contribution in [0.4, 0.5) is 5.69 Å². The maximum Gasteiger partial charge on any atom is 0.513 e. The number of benzene rings is 2. The molecule has 2 aromatic carbocycles. The monoisotopic (exact) mass is 477 g/mol. The Balaban J connectivity index is 2.29. The SMILES string of the molecule is CCO[Si](OCC)(OCC)C(C)C(=O)Nc1ccccc1C(=O)S(=O)c1ccc(C)cc1. The van der Waals surface area contributed by atoms with Crippen molar-refractivity contribution in [3.8, 4) is 0 Å². The summed E-state index contributed by atoms with van der Waals surface area (Å²) in [5.74, 6) is -0.395. The van der Waals surface area contributed by atoms with Crippen molar-refractivity contribution >= 4 is 36.3 Å². The number of hydrogen-bond acceptors (Lipinski definition) is 6. The highest BCUT2D eigenvalue weighted by atomic mass is 32.2. The van der Waals surface area contributed by atoms with Crippen molar-refractivity contribution in [1.82, 2.24) is 0 Å². The van der Waals surface area contributed by atoms with Gasteiger partial charge in [0, 0.05) is 24.7 Å². The van der Waals surface area contributed by atoms with E-state index in [4.69, 9.17) is 13.3 Å². The van der Waals surface area contributed by atoms with Gasteiger partial charge >= 0.3 is 8.80 Å². The normalized spacial score (nSPS) is 13.4. The van der Waals surface area contributed by atoms with Gasteiger partial charge in [0.15, 0.2) is 0 Å². The lowest BCUT2D eigenvalue weighted by Gasteiger charge is -2.32. The number of anilines is 1. The van der Waals surface area contributed by atoms with E-state index in [1.54, 1.807) is 55.5 Å². The van der Waals surface area contributed by atoms with Crippen LogP contribution in [0.3, 0.4) is 0 Å². The number of amides is 1. The van der Waals surface area contributed by atoms with Crippen LogP contribution in [0.15, 0.2) is 53.4 Å². The van der Waals surface area contributed by atoms with Crippen LogP contribution in [0.5, 0.6) is 0 Å². The first kappa shape index (κ1) is 26.1. The summed E-state index contributed by atoms with van der Waals surface area (Å²) in [6.07, 6.45) is 0. The number of carbonyl (C=O) groups is 2. The van der Waals surface area contributed by atoms with Crippen LogP contribution in [-0.4, -0.2) is 43.9 Å². The van der Waals surface area contributed by atoms with E-state index in [0.29, 0.717) is 24.7 Å².